The molecule has 0 aliphatic carbocycles. The third-order valence-corrected chi connectivity index (χ3v) is 6.57. The number of amides is 1. The van der Waals surface area contributed by atoms with Crippen LogP contribution in [-0.2, 0) is 10.0 Å². The number of amidine groups is 1. The number of carbonyl (C=O) groups is 1. The molecule has 136 valence electrons. The maximum Gasteiger partial charge on any atom is 0.257 e. The minimum Gasteiger partial charge on any atom is -0.318 e. The third kappa shape index (κ3) is 2.75. The summed E-state index contributed by atoms with van der Waals surface area (Å²) in [4.78, 5) is 19.5. The minimum atomic E-state index is -3.41. The zero-order valence-corrected chi connectivity index (χ0v) is 15.4. The third-order valence-electron chi connectivity index (χ3n) is 4.27. The maximum absolute atomic E-state index is 12.7. The number of anilines is 2. The van der Waals surface area contributed by atoms with Gasteiger partial charge in [0.1, 0.15) is 5.82 Å². The van der Waals surface area contributed by atoms with Crippen LogP contribution in [0.5, 0.6) is 0 Å². The molecular formula is C16H12N6O3S2. The van der Waals surface area contributed by atoms with Crippen LogP contribution in [0.2, 0.25) is 0 Å². The topological polar surface area (TPSA) is 109 Å². The van der Waals surface area contributed by atoms with Crippen LogP contribution in [-0.4, -0.2) is 46.4 Å². The SMILES string of the molecule is O=C(Nc1ccnc2ccnn12)c1ccc2c(c1)SC1=NS(=O)(=O)CCN12. The monoisotopic (exact) mass is 400 g/mol. The van der Waals surface area contributed by atoms with Gasteiger partial charge in [-0.2, -0.15) is 9.61 Å². The first-order valence-corrected chi connectivity index (χ1v) is 10.4. The summed E-state index contributed by atoms with van der Waals surface area (Å²) in [5, 5.41) is 7.40. The molecule has 0 saturated carbocycles. The highest BCUT2D eigenvalue weighted by Gasteiger charge is 2.33. The van der Waals surface area contributed by atoms with E-state index >= 15 is 0 Å². The van der Waals surface area contributed by atoms with E-state index < -0.39 is 10.0 Å². The Morgan fingerprint density at radius 2 is 2.07 bits per heavy atom. The molecule has 4 heterocycles. The lowest BCUT2D eigenvalue weighted by molar-refractivity contribution is 0.102. The van der Waals surface area contributed by atoms with E-state index in [0.717, 1.165) is 10.6 Å². The molecule has 9 nitrogen and oxygen atoms in total. The summed E-state index contributed by atoms with van der Waals surface area (Å²) in [6.45, 7) is 0.362. The number of carbonyl (C=O) groups excluding carboxylic acids is 1. The highest BCUT2D eigenvalue weighted by Crippen LogP contribution is 2.42. The molecule has 0 radical (unpaired) electrons. The highest BCUT2D eigenvalue weighted by atomic mass is 32.2. The molecule has 0 atom stereocenters. The van der Waals surface area contributed by atoms with E-state index in [2.05, 4.69) is 19.8 Å². The molecule has 2 aliphatic rings. The van der Waals surface area contributed by atoms with Gasteiger partial charge in [-0.15, -0.1) is 4.40 Å². The second-order valence-corrected chi connectivity index (χ2v) is 8.75. The lowest BCUT2D eigenvalue weighted by Crippen LogP contribution is -2.35. The van der Waals surface area contributed by atoms with E-state index in [4.69, 9.17) is 0 Å². The second kappa shape index (κ2) is 5.79. The lowest BCUT2D eigenvalue weighted by atomic mass is 10.2. The zero-order chi connectivity index (χ0) is 18.6. The van der Waals surface area contributed by atoms with Crippen molar-refractivity contribution in [2.24, 2.45) is 4.40 Å². The molecule has 0 bridgehead atoms. The van der Waals surface area contributed by atoms with Crippen molar-refractivity contribution in [1.82, 2.24) is 14.6 Å². The Labute approximate surface area is 158 Å². The molecule has 1 aromatic carbocycles. The van der Waals surface area contributed by atoms with Crippen LogP contribution in [0.1, 0.15) is 10.4 Å². The molecule has 0 unspecified atom stereocenters. The van der Waals surface area contributed by atoms with Crippen molar-refractivity contribution in [1.29, 1.82) is 0 Å². The van der Waals surface area contributed by atoms with Crippen molar-refractivity contribution in [2.75, 3.05) is 22.5 Å². The van der Waals surface area contributed by atoms with Crippen LogP contribution >= 0.6 is 11.8 Å². The Morgan fingerprint density at radius 1 is 1.19 bits per heavy atom. The largest absolute Gasteiger partial charge is 0.318 e. The summed E-state index contributed by atoms with van der Waals surface area (Å²) in [5.41, 5.74) is 1.96. The summed E-state index contributed by atoms with van der Waals surface area (Å²) in [5.74, 6) is 0.206. The standard InChI is InChI=1S/C16H12N6O3S2/c23-15(19-14-3-5-17-13-4-6-18-22(13)14)10-1-2-11-12(9-10)26-16-20-27(24,25)8-7-21(11)16/h1-6,9H,7-8H2,(H,19,23). The molecule has 0 fully saturated rings. The predicted octanol–water partition coefficient (Wildman–Crippen LogP) is 1.59. The van der Waals surface area contributed by atoms with Crippen LogP contribution in [0.15, 0.2) is 52.0 Å². The molecular weight excluding hydrogens is 388 g/mol. The number of benzene rings is 1. The average molecular weight is 400 g/mol. The predicted molar refractivity (Wildman–Crippen MR) is 102 cm³/mol. The van der Waals surface area contributed by atoms with Crippen LogP contribution in [0.25, 0.3) is 5.65 Å². The van der Waals surface area contributed by atoms with E-state index in [9.17, 15) is 13.2 Å². The molecule has 3 aromatic rings. The minimum absolute atomic E-state index is 0.0132. The van der Waals surface area contributed by atoms with Crippen molar-refractivity contribution in [2.45, 2.75) is 4.90 Å². The van der Waals surface area contributed by atoms with Gasteiger partial charge >= 0.3 is 0 Å². The van der Waals surface area contributed by atoms with Crippen molar-refractivity contribution in [3.05, 3.63) is 48.3 Å². The lowest BCUT2D eigenvalue weighted by Gasteiger charge is -2.22. The summed E-state index contributed by atoms with van der Waals surface area (Å²) in [6, 6.07) is 8.67. The maximum atomic E-state index is 12.7. The van der Waals surface area contributed by atoms with Gasteiger partial charge in [-0.1, -0.05) is 0 Å². The molecule has 2 aromatic heterocycles. The van der Waals surface area contributed by atoms with E-state index in [1.54, 1.807) is 41.2 Å². The van der Waals surface area contributed by atoms with Gasteiger partial charge in [0.15, 0.2) is 10.8 Å². The first-order valence-electron chi connectivity index (χ1n) is 8.02. The van der Waals surface area contributed by atoms with Crippen molar-refractivity contribution < 1.29 is 13.2 Å². The summed E-state index contributed by atoms with van der Waals surface area (Å²) >= 11 is 1.25. The normalized spacial score (nSPS) is 17.3. The number of hydrogen-bond acceptors (Lipinski definition) is 7. The van der Waals surface area contributed by atoms with Gasteiger partial charge < -0.3 is 10.2 Å². The van der Waals surface area contributed by atoms with Crippen LogP contribution in [0, 0.1) is 0 Å². The average Bonchev–Trinajstić information content (AvgIpc) is 3.24. The smallest absolute Gasteiger partial charge is 0.257 e. The molecule has 5 rings (SSSR count). The van der Waals surface area contributed by atoms with Gasteiger partial charge in [-0.25, -0.2) is 13.4 Å². The Morgan fingerprint density at radius 3 is 2.96 bits per heavy atom. The molecule has 27 heavy (non-hydrogen) atoms. The Bertz CT molecular complexity index is 1230. The Kier molecular flexibility index (Phi) is 3.49. The first-order chi connectivity index (χ1) is 13.0. The zero-order valence-electron chi connectivity index (χ0n) is 13.7. The molecule has 2 aliphatic heterocycles. The van der Waals surface area contributed by atoms with Crippen LogP contribution in [0.4, 0.5) is 11.5 Å². The fourth-order valence-electron chi connectivity index (χ4n) is 2.99. The van der Waals surface area contributed by atoms with E-state index in [1.807, 2.05) is 11.0 Å². The van der Waals surface area contributed by atoms with Gasteiger partial charge in [0.05, 0.1) is 17.6 Å². The molecule has 0 spiro atoms. The van der Waals surface area contributed by atoms with E-state index in [1.165, 1.54) is 11.8 Å². The van der Waals surface area contributed by atoms with Crippen molar-refractivity contribution in [3.63, 3.8) is 0 Å². The molecule has 1 N–H and O–H groups in total. The summed E-state index contributed by atoms with van der Waals surface area (Å²) < 4.78 is 28.8. The second-order valence-electron chi connectivity index (χ2n) is 5.98. The van der Waals surface area contributed by atoms with Crippen molar-refractivity contribution >= 4 is 50.0 Å². The Balaban J connectivity index is 1.45. The van der Waals surface area contributed by atoms with Gasteiger partial charge in [-0.3, -0.25) is 4.79 Å². The number of sulfonamides is 1. The number of nitrogens with one attached hydrogen (secondary N) is 1. The molecule has 1 amide bonds. The van der Waals surface area contributed by atoms with Gasteiger partial charge in [0, 0.05) is 29.3 Å². The first kappa shape index (κ1) is 16.3. The fourth-order valence-corrected chi connectivity index (χ4v) is 5.29. The highest BCUT2D eigenvalue weighted by molar-refractivity contribution is 8.15. The number of rotatable bonds is 2. The van der Waals surface area contributed by atoms with E-state index in [0.29, 0.717) is 28.7 Å². The summed E-state index contributed by atoms with van der Waals surface area (Å²) in [7, 11) is -3.41. The number of thioether (sulfide) groups is 1. The number of hydrogen-bond donors (Lipinski definition) is 1. The fraction of sp³-hybridized carbons (Fsp3) is 0.125. The number of fused-ring (bicyclic) bond motifs is 4. The van der Waals surface area contributed by atoms with Crippen LogP contribution < -0.4 is 10.2 Å². The van der Waals surface area contributed by atoms with E-state index in [-0.39, 0.29) is 11.7 Å². The number of nitrogens with zero attached hydrogens (tertiary/aromatic N) is 5. The molecule has 11 heteroatoms. The number of aromatic nitrogens is 3. The summed E-state index contributed by atoms with van der Waals surface area (Å²) in [6.07, 6.45) is 3.21. The van der Waals surface area contributed by atoms with Gasteiger partial charge in [0.2, 0.25) is 0 Å². The quantitative estimate of drug-likeness (QED) is 0.696. The Hall–Kier alpha value is -2.92. The van der Waals surface area contributed by atoms with Gasteiger partial charge in [0.25, 0.3) is 15.9 Å². The van der Waals surface area contributed by atoms with Gasteiger partial charge in [-0.05, 0) is 36.0 Å². The molecule has 0 saturated heterocycles. The van der Waals surface area contributed by atoms with Crippen molar-refractivity contribution in [3.8, 4) is 0 Å². The van der Waals surface area contributed by atoms with Crippen LogP contribution in [0.3, 0.4) is 0 Å².